The van der Waals surface area contributed by atoms with Crippen molar-refractivity contribution in [2.24, 2.45) is 11.8 Å². The smallest absolute Gasteiger partial charge is 0.224 e. The fraction of sp³-hybridized carbons (Fsp3) is 0.778. The number of fused-ring (bicyclic) bond motifs is 2. The van der Waals surface area contributed by atoms with Gasteiger partial charge < -0.3 is 0 Å². The van der Waals surface area contributed by atoms with E-state index in [1.54, 1.807) is 0 Å². The van der Waals surface area contributed by atoms with Gasteiger partial charge in [-0.25, -0.2) is 9.26 Å². The summed E-state index contributed by atoms with van der Waals surface area (Å²) in [6, 6.07) is 0. The molecule has 2 aromatic heterocycles. The van der Waals surface area contributed by atoms with Crippen LogP contribution < -0.4 is 9.80 Å². The normalized spacial score (nSPS) is 21.7. The maximum absolute atomic E-state index is 5.14. The fourth-order valence-electron chi connectivity index (χ4n) is 4.84. The molecule has 0 saturated heterocycles. The maximum Gasteiger partial charge on any atom is 0.224 e. The minimum atomic E-state index is 0.641. The highest BCUT2D eigenvalue weighted by molar-refractivity contribution is 5.84. The van der Waals surface area contributed by atoms with Gasteiger partial charge in [0.05, 0.1) is 0 Å². The van der Waals surface area contributed by atoms with Gasteiger partial charge in [-0.15, -0.1) is 0 Å². The van der Waals surface area contributed by atoms with Crippen LogP contribution in [-0.4, -0.2) is 33.7 Å². The zero-order valence-corrected chi connectivity index (χ0v) is 15.1. The average molecular weight is 358 g/mol. The lowest BCUT2D eigenvalue weighted by Gasteiger charge is -2.35. The Morgan fingerprint density at radius 1 is 0.577 bits per heavy atom. The van der Waals surface area contributed by atoms with Crippen LogP contribution in [0, 0.1) is 11.8 Å². The molecule has 5 rings (SSSR count). The number of anilines is 4. The molecule has 0 unspecified atom stereocenters. The molecule has 26 heavy (non-hydrogen) atoms. The number of nitrogens with zero attached hydrogens (tertiary/aromatic N) is 6. The standard InChI is InChI=1S/C18H26N6O2/c1-3-7-13(8-4-1)11-23-15-17(21-25-19-15)24(18-16(23)20-26-22-18)12-14-9-5-2-6-10-14/h13-14H,1-12H2. The number of hydrogen-bond acceptors (Lipinski definition) is 8. The number of rotatable bonds is 4. The van der Waals surface area contributed by atoms with Gasteiger partial charge in [-0.1, -0.05) is 38.5 Å². The highest BCUT2D eigenvalue weighted by Gasteiger charge is 2.39. The third-order valence-electron chi connectivity index (χ3n) is 6.26. The molecule has 1 aliphatic heterocycles. The van der Waals surface area contributed by atoms with Gasteiger partial charge >= 0.3 is 0 Å². The van der Waals surface area contributed by atoms with Crippen LogP contribution in [0.4, 0.5) is 23.3 Å². The lowest BCUT2D eigenvalue weighted by Crippen LogP contribution is -2.36. The second kappa shape index (κ2) is 6.89. The van der Waals surface area contributed by atoms with Gasteiger partial charge in [0.1, 0.15) is 0 Å². The van der Waals surface area contributed by atoms with E-state index in [1.165, 1.54) is 64.2 Å². The van der Waals surface area contributed by atoms with E-state index in [2.05, 4.69) is 30.4 Å². The zero-order valence-electron chi connectivity index (χ0n) is 15.1. The Balaban J connectivity index is 1.43. The van der Waals surface area contributed by atoms with Crippen LogP contribution in [0.1, 0.15) is 64.2 Å². The van der Waals surface area contributed by atoms with Gasteiger partial charge in [0.25, 0.3) is 0 Å². The van der Waals surface area contributed by atoms with Gasteiger partial charge in [-0.05, 0) is 58.1 Å². The summed E-state index contributed by atoms with van der Waals surface area (Å²) >= 11 is 0. The highest BCUT2D eigenvalue weighted by atomic mass is 16.6. The van der Waals surface area contributed by atoms with E-state index < -0.39 is 0 Å². The van der Waals surface area contributed by atoms with Gasteiger partial charge in [-0.3, -0.25) is 9.80 Å². The van der Waals surface area contributed by atoms with Crippen molar-refractivity contribution < 1.29 is 9.26 Å². The second-order valence-electron chi connectivity index (χ2n) is 8.05. The minimum absolute atomic E-state index is 0.641. The monoisotopic (exact) mass is 358 g/mol. The molecule has 0 bridgehead atoms. The predicted octanol–water partition coefficient (Wildman–Crippen LogP) is 4.20. The number of aromatic nitrogens is 4. The molecule has 0 atom stereocenters. The van der Waals surface area contributed by atoms with Crippen molar-refractivity contribution in [2.45, 2.75) is 64.2 Å². The summed E-state index contributed by atoms with van der Waals surface area (Å²) in [7, 11) is 0. The molecule has 2 aliphatic carbocycles. The molecule has 0 spiro atoms. The number of hydrogen-bond donors (Lipinski definition) is 0. The Labute approximate surface area is 152 Å². The van der Waals surface area contributed by atoms with Crippen molar-refractivity contribution in [3.63, 3.8) is 0 Å². The van der Waals surface area contributed by atoms with E-state index in [0.717, 1.165) is 36.4 Å². The SMILES string of the molecule is C1CCC(CN2c3nonc3N(CC3CCCCC3)c3nonc32)CC1. The topological polar surface area (TPSA) is 84.3 Å². The van der Waals surface area contributed by atoms with Crippen LogP contribution in [0.2, 0.25) is 0 Å². The Kier molecular flexibility index (Phi) is 4.26. The molecule has 0 radical (unpaired) electrons. The van der Waals surface area contributed by atoms with E-state index in [1.807, 2.05) is 0 Å². The summed E-state index contributed by atoms with van der Waals surface area (Å²) in [4.78, 5) is 4.20. The Hall–Kier alpha value is -2.12. The molecule has 8 nitrogen and oxygen atoms in total. The van der Waals surface area contributed by atoms with Gasteiger partial charge in [0.15, 0.2) is 0 Å². The van der Waals surface area contributed by atoms with E-state index in [4.69, 9.17) is 9.26 Å². The Morgan fingerprint density at radius 2 is 0.923 bits per heavy atom. The van der Waals surface area contributed by atoms with Gasteiger partial charge in [0, 0.05) is 13.1 Å². The Morgan fingerprint density at radius 3 is 1.27 bits per heavy atom. The van der Waals surface area contributed by atoms with Crippen molar-refractivity contribution in [1.29, 1.82) is 0 Å². The summed E-state index contributed by atoms with van der Waals surface area (Å²) in [5.41, 5.74) is 0. The first-order valence-electron chi connectivity index (χ1n) is 10.1. The average Bonchev–Trinajstić information content (AvgIpc) is 3.36. The fourth-order valence-corrected chi connectivity index (χ4v) is 4.84. The van der Waals surface area contributed by atoms with Crippen molar-refractivity contribution in [1.82, 2.24) is 20.6 Å². The third-order valence-corrected chi connectivity index (χ3v) is 6.26. The first-order valence-corrected chi connectivity index (χ1v) is 10.1. The summed E-state index contributed by atoms with van der Waals surface area (Å²) in [5.74, 6) is 4.32. The summed E-state index contributed by atoms with van der Waals surface area (Å²) in [6.45, 7) is 1.75. The molecule has 3 aliphatic rings. The quantitative estimate of drug-likeness (QED) is 0.804. The van der Waals surface area contributed by atoms with Crippen molar-refractivity contribution >= 4 is 23.3 Å². The van der Waals surface area contributed by atoms with E-state index >= 15 is 0 Å². The molecule has 0 N–H and O–H groups in total. The van der Waals surface area contributed by atoms with Crippen LogP contribution in [0.15, 0.2) is 9.26 Å². The molecule has 2 aromatic rings. The third kappa shape index (κ3) is 2.85. The minimum Gasteiger partial charge on any atom is -0.299 e. The molecule has 8 heteroatoms. The van der Waals surface area contributed by atoms with E-state index in [0.29, 0.717) is 11.8 Å². The molecule has 2 fully saturated rings. The summed E-state index contributed by atoms with van der Waals surface area (Å²) in [6.07, 6.45) is 12.9. The predicted molar refractivity (Wildman–Crippen MR) is 95.8 cm³/mol. The van der Waals surface area contributed by atoms with Crippen LogP contribution in [-0.2, 0) is 0 Å². The van der Waals surface area contributed by atoms with E-state index in [-0.39, 0.29) is 0 Å². The molecule has 140 valence electrons. The Bertz CT molecular complexity index is 632. The van der Waals surface area contributed by atoms with Crippen molar-refractivity contribution in [3.05, 3.63) is 0 Å². The second-order valence-corrected chi connectivity index (χ2v) is 8.05. The van der Waals surface area contributed by atoms with Crippen LogP contribution in [0.5, 0.6) is 0 Å². The first-order chi connectivity index (χ1) is 12.9. The maximum atomic E-state index is 5.14. The molecule has 2 saturated carbocycles. The first kappa shape index (κ1) is 16.1. The molecule has 3 heterocycles. The van der Waals surface area contributed by atoms with Crippen LogP contribution in [0.25, 0.3) is 0 Å². The molecule has 0 amide bonds. The molecular weight excluding hydrogens is 332 g/mol. The lowest BCUT2D eigenvalue weighted by atomic mass is 9.88. The van der Waals surface area contributed by atoms with Crippen LogP contribution in [0.3, 0.4) is 0 Å². The van der Waals surface area contributed by atoms with Gasteiger partial charge in [0.2, 0.25) is 23.3 Å². The van der Waals surface area contributed by atoms with Gasteiger partial charge in [-0.2, -0.15) is 0 Å². The van der Waals surface area contributed by atoms with Crippen molar-refractivity contribution in [3.8, 4) is 0 Å². The van der Waals surface area contributed by atoms with Crippen molar-refractivity contribution in [2.75, 3.05) is 22.9 Å². The summed E-state index contributed by atoms with van der Waals surface area (Å²) in [5, 5.41) is 16.9. The van der Waals surface area contributed by atoms with Crippen LogP contribution >= 0.6 is 0 Å². The summed E-state index contributed by atoms with van der Waals surface area (Å²) < 4.78 is 10.3. The lowest BCUT2D eigenvalue weighted by molar-refractivity contribution is 0.299. The largest absolute Gasteiger partial charge is 0.299 e. The highest BCUT2D eigenvalue weighted by Crippen LogP contribution is 2.46. The molecular formula is C18H26N6O2. The zero-order chi connectivity index (χ0) is 17.3. The molecule has 0 aromatic carbocycles. The van der Waals surface area contributed by atoms with E-state index in [9.17, 15) is 0 Å².